The largest absolute Gasteiger partial charge is 0.405 e. The predicted octanol–water partition coefficient (Wildman–Crippen LogP) is 2.17. The van der Waals surface area contributed by atoms with Gasteiger partial charge in [-0.15, -0.1) is 0 Å². The number of benzene rings is 1. The summed E-state index contributed by atoms with van der Waals surface area (Å²) in [4.78, 5) is 11.0. The van der Waals surface area contributed by atoms with Gasteiger partial charge in [0.2, 0.25) is 5.91 Å². The first-order valence-corrected chi connectivity index (χ1v) is 5.10. The van der Waals surface area contributed by atoms with Crippen LogP contribution in [0.1, 0.15) is 6.42 Å². The fraction of sp³-hybridized carbons (Fsp3) is 0.364. The molecule has 17 heavy (non-hydrogen) atoms. The second-order valence-corrected chi connectivity index (χ2v) is 3.43. The van der Waals surface area contributed by atoms with Crippen molar-refractivity contribution in [3.05, 3.63) is 30.3 Å². The van der Waals surface area contributed by atoms with Crippen molar-refractivity contribution in [1.82, 2.24) is 5.32 Å². The first-order chi connectivity index (χ1) is 7.97. The first-order valence-electron chi connectivity index (χ1n) is 5.10. The summed E-state index contributed by atoms with van der Waals surface area (Å²) in [6.45, 7) is -0.981. The molecule has 1 aromatic rings. The van der Waals surface area contributed by atoms with Crippen molar-refractivity contribution in [3.63, 3.8) is 0 Å². The molecule has 0 atom stereocenters. The molecule has 0 saturated carbocycles. The van der Waals surface area contributed by atoms with E-state index < -0.39 is 18.6 Å². The van der Waals surface area contributed by atoms with Crippen LogP contribution in [-0.2, 0) is 4.79 Å². The lowest BCUT2D eigenvalue weighted by molar-refractivity contribution is -0.138. The highest BCUT2D eigenvalue weighted by atomic mass is 19.4. The second-order valence-electron chi connectivity index (χ2n) is 3.43. The van der Waals surface area contributed by atoms with Crippen molar-refractivity contribution in [3.8, 4) is 0 Å². The monoisotopic (exact) mass is 246 g/mol. The molecule has 0 heterocycles. The van der Waals surface area contributed by atoms with Gasteiger partial charge in [0.15, 0.2) is 0 Å². The summed E-state index contributed by atoms with van der Waals surface area (Å²) in [6.07, 6.45) is -4.35. The van der Waals surface area contributed by atoms with E-state index in [2.05, 4.69) is 5.32 Å². The van der Waals surface area contributed by atoms with Gasteiger partial charge >= 0.3 is 6.18 Å². The lowest BCUT2D eigenvalue weighted by Gasteiger charge is -2.09. The van der Waals surface area contributed by atoms with E-state index in [0.29, 0.717) is 6.54 Å². The molecule has 0 bridgehead atoms. The van der Waals surface area contributed by atoms with Gasteiger partial charge < -0.3 is 10.6 Å². The van der Waals surface area contributed by atoms with Crippen LogP contribution >= 0.6 is 0 Å². The molecule has 0 fully saturated rings. The number of nitrogens with one attached hydrogen (secondary N) is 2. The minimum atomic E-state index is -4.36. The van der Waals surface area contributed by atoms with Gasteiger partial charge in [0, 0.05) is 18.7 Å². The number of carbonyl (C=O) groups excluding carboxylic acids is 1. The topological polar surface area (TPSA) is 41.1 Å². The Labute approximate surface area is 97.0 Å². The molecular weight excluding hydrogens is 233 g/mol. The third-order valence-corrected chi connectivity index (χ3v) is 1.94. The van der Waals surface area contributed by atoms with E-state index in [-0.39, 0.29) is 6.42 Å². The van der Waals surface area contributed by atoms with Crippen LogP contribution in [0.15, 0.2) is 30.3 Å². The van der Waals surface area contributed by atoms with Gasteiger partial charge in [0.1, 0.15) is 6.54 Å². The van der Waals surface area contributed by atoms with Gasteiger partial charge in [-0.25, -0.2) is 0 Å². The molecule has 1 amide bonds. The molecule has 0 unspecified atom stereocenters. The van der Waals surface area contributed by atoms with E-state index in [9.17, 15) is 18.0 Å². The minimum absolute atomic E-state index is 0.00493. The zero-order valence-electron chi connectivity index (χ0n) is 9.05. The van der Waals surface area contributed by atoms with Crippen LogP contribution in [0, 0.1) is 0 Å². The van der Waals surface area contributed by atoms with E-state index in [1.54, 1.807) is 5.32 Å². The number of hydrogen-bond acceptors (Lipinski definition) is 2. The molecule has 0 aliphatic carbocycles. The Balaban J connectivity index is 2.17. The van der Waals surface area contributed by atoms with Crippen LogP contribution in [0.4, 0.5) is 18.9 Å². The maximum absolute atomic E-state index is 11.8. The van der Waals surface area contributed by atoms with E-state index in [1.807, 2.05) is 30.3 Å². The van der Waals surface area contributed by atoms with E-state index in [0.717, 1.165) is 5.69 Å². The van der Waals surface area contributed by atoms with Gasteiger partial charge in [-0.1, -0.05) is 18.2 Å². The number of halogens is 3. The number of anilines is 1. The molecule has 0 radical (unpaired) electrons. The standard InChI is InChI=1S/C11H13F3N2O/c12-11(13,14)8-16-10(17)6-7-15-9-4-2-1-3-5-9/h1-5,15H,6-8H2,(H,16,17). The highest BCUT2D eigenvalue weighted by molar-refractivity contribution is 5.76. The molecule has 0 spiro atoms. The predicted molar refractivity (Wildman–Crippen MR) is 58.6 cm³/mol. The van der Waals surface area contributed by atoms with Gasteiger partial charge in [0.05, 0.1) is 0 Å². The maximum Gasteiger partial charge on any atom is 0.405 e. The molecule has 1 aromatic carbocycles. The summed E-state index contributed by atoms with van der Waals surface area (Å²) in [5, 5.41) is 4.74. The fourth-order valence-corrected chi connectivity index (χ4v) is 1.16. The van der Waals surface area contributed by atoms with Crippen molar-refractivity contribution in [2.75, 3.05) is 18.4 Å². The van der Waals surface area contributed by atoms with Crippen LogP contribution in [0.3, 0.4) is 0 Å². The summed E-state index contributed by atoms with van der Waals surface area (Å²) in [5.74, 6) is -0.620. The van der Waals surface area contributed by atoms with Gasteiger partial charge in [-0.05, 0) is 12.1 Å². The summed E-state index contributed by atoms with van der Waals surface area (Å²) >= 11 is 0. The van der Waals surface area contributed by atoms with Crippen molar-refractivity contribution in [1.29, 1.82) is 0 Å². The number of carbonyl (C=O) groups is 1. The Morgan fingerprint density at radius 1 is 1.18 bits per heavy atom. The number of hydrogen-bond donors (Lipinski definition) is 2. The van der Waals surface area contributed by atoms with Crippen molar-refractivity contribution < 1.29 is 18.0 Å². The average molecular weight is 246 g/mol. The van der Waals surface area contributed by atoms with Gasteiger partial charge in [0.25, 0.3) is 0 Å². The highest BCUT2D eigenvalue weighted by Gasteiger charge is 2.27. The van der Waals surface area contributed by atoms with Crippen LogP contribution in [0.25, 0.3) is 0 Å². The summed E-state index contributed by atoms with van der Waals surface area (Å²) in [7, 11) is 0. The summed E-state index contributed by atoms with van der Waals surface area (Å²) in [6, 6.07) is 9.13. The van der Waals surface area contributed by atoms with E-state index in [1.165, 1.54) is 0 Å². The molecule has 6 heteroatoms. The summed E-state index contributed by atoms with van der Waals surface area (Å²) < 4.78 is 35.3. The summed E-state index contributed by atoms with van der Waals surface area (Å²) in [5.41, 5.74) is 0.830. The lowest BCUT2D eigenvalue weighted by atomic mass is 10.3. The SMILES string of the molecule is O=C(CCNc1ccccc1)NCC(F)(F)F. The fourth-order valence-electron chi connectivity index (χ4n) is 1.16. The Kier molecular flexibility index (Phi) is 4.81. The Morgan fingerprint density at radius 3 is 2.41 bits per heavy atom. The van der Waals surface area contributed by atoms with Crippen molar-refractivity contribution in [2.45, 2.75) is 12.6 Å². The smallest absolute Gasteiger partial charge is 0.385 e. The van der Waals surface area contributed by atoms with Crippen molar-refractivity contribution >= 4 is 11.6 Å². The Hall–Kier alpha value is -1.72. The third-order valence-electron chi connectivity index (χ3n) is 1.94. The first kappa shape index (κ1) is 13.3. The Morgan fingerprint density at radius 2 is 1.82 bits per heavy atom. The maximum atomic E-state index is 11.8. The van der Waals surface area contributed by atoms with Crippen LogP contribution in [-0.4, -0.2) is 25.2 Å². The molecule has 0 aliphatic heterocycles. The highest BCUT2D eigenvalue weighted by Crippen LogP contribution is 2.12. The molecule has 0 saturated heterocycles. The second kappa shape index (κ2) is 6.12. The van der Waals surface area contributed by atoms with Crippen LogP contribution in [0.5, 0.6) is 0 Å². The molecular formula is C11H13F3N2O. The van der Waals surface area contributed by atoms with Crippen LogP contribution < -0.4 is 10.6 Å². The lowest BCUT2D eigenvalue weighted by Crippen LogP contribution is -2.34. The third kappa shape index (κ3) is 6.44. The van der Waals surface area contributed by atoms with Crippen LogP contribution in [0.2, 0.25) is 0 Å². The molecule has 3 nitrogen and oxygen atoms in total. The normalized spacial score (nSPS) is 11.0. The number of rotatable bonds is 5. The van der Waals surface area contributed by atoms with E-state index in [4.69, 9.17) is 0 Å². The zero-order chi connectivity index (χ0) is 12.7. The van der Waals surface area contributed by atoms with Crippen molar-refractivity contribution in [2.24, 2.45) is 0 Å². The zero-order valence-corrected chi connectivity index (χ0v) is 9.05. The quantitative estimate of drug-likeness (QED) is 0.836. The van der Waals surface area contributed by atoms with E-state index >= 15 is 0 Å². The van der Waals surface area contributed by atoms with Gasteiger partial charge in [-0.3, -0.25) is 4.79 Å². The molecule has 0 aromatic heterocycles. The molecule has 0 aliphatic rings. The van der Waals surface area contributed by atoms with Gasteiger partial charge in [-0.2, -0.15) is 13.2 Å². The molecule has 1 rings (SSSR count). The average Bonchev–Trinajstić information content (AvgIpc) is 2.27. The molecule has 94 valence electrons. The number of amides is 1. The number of para-hydroxylation sites is 1. The molecule has 2 N–H and O–H groups in total. The minimum Gasteiger partial charge on any atom is -0.385 e. The Bertz CT molecular complexity index is 351. The number of alkyl halides is 3.